The van der Waals surface area contributed by atoms with Crippen molar-refractivity contribution >= 4 is 21.8 Å². The molecule has 0 radical (unpaired) electrons. The summed E-state index contributed by atoms with van der Waals surface area (Å²) >= 11 is 3.16. The Morgan fingerprint density at radius 3 is 2.70 bits per heavy atom. The van der Waals surface area contributed by atoms with E-state index < -0.39 is 0 Å². The first-order valence-corrected chi connectivity index (χ1v) is 4.10. The maximum atomic E-state index is 10.9. The van der Waals surface area contributed by atoms with Gasteiger partial charge >= 0.3 is 0 Å². The molecule has 1 fully saturated rings. The van der Waals surface area contributed by atoms with Crippen molar-refractivity contribution in [2.24, 2.45) is 5.92 Å². The Balaban J connectivity index is 2.12. The lowest BCUT2D eigenvalue weighted by atomic mass is 10.4. The van der Waals surface area contributed by atoms with Crippen molar-refractivity contribution in [3.63, 3.8) is 0 Å². The number of carbonyl (C=O) groups excluding carboxylic acids is 1. The molecule has 1 amide bonds. The SMILES string of the molecule is C=C(Br)CNC(=O)C1CC1. The summed E-state index contributed by atoms with van der Waals surface area (Å²) in [6, 6.07) is 0. The Labute approximate surface area is 68.8 Å². The van der Waals surface area contributed by atoms with E-state index >= 15 is 0 Å². The van der Waals surface area contributed by atoms with Crippen LogP contribution in [0.5, 0.6) is 0 Å². The molecule has 0 unspecified atom stereocenters. The van der Waals surface area contributed by atoms with E-state index in [1.807, 2.05) is 0 Å². The number of hydrogen-bond donors (Lipinski definition) is 1. The Kier molecular flexibility index (Phi) is 2.49. The van der Waals surface area contributed by atoms with Crippen LogP contribution in [0.15, 0.2) is 11.1 Å². The van der Waals surface area contributed by atoms with Gasteiger partial charge in [0.1, 0.15) is 0 Å². The molecule has 0 heterocycles. The zero-order valence-corrected chi connectivity index (χ0v) is 7.28. The van der Waals surface area contributed by atoms with E-state index in [0.29, 0.717) is 12.5 Å². The Bertz CT molecular complexity index is 163. The minimum Gasteiger partial charge on any atom is -0.351 e. The van der Waals surface area contributed by atoms with E-state index in [0.717, 1.165) is 17.3 Å². The van der Waals surface area contributed by atoms with Gasteiger partial charge in [-0.15, -0.1) is 0 Å². The van der Waals surface area contributed by atoms with Crippen LogP contribution in [-0.2, 0) is 4.79 Å². The van der Waals surface area contributed by atoms with Gasteiger partial charge in [-0.05, 0) is 12.8 Å². The quantitative estimate of drug-likeness (QED) is 0.739. The number of amides is 1. The normalized spacial score (nSPS) is 16.5. The predicted octanol–water partition coefficient (Wildman–Crippen LogP) is 1.42. The molecule has 0 aliphatic heterocycles. The lowest BCUT2D eigenvalue weighted by Gasteiger charge is -2.00. The molecule has 1 saturated carbocycles. The highest BCUT2D eigenvalue weighted by atomic mass is 79.9. The monoisotopic (exact) mass is 203 g/mol. The van der Waals surface area contributed by atoms with Gasteiger partial charge in [0.2, 0.25) is 5.91 Å². The highest BCUT2D eigenvalue weighted by Gasteiger charge is 2.28. The molecule has 1 aliphatic rings. The van der Waals surface area contributed by atoms with Gasteiger partial charge in [-0.2, -0.15) is 0 Å². The van der Waals surface area contributed by atoms with Crippen molar-refractivity contribution < 1.29 is 4.79 Å². The third kappa shape index (κ3) is 2.52. The van der Waals surface area contributed by atoms with Crippen LogP contribution in [0.2, 0.25) is 0 Å². The summed E-state index contributed by atoms with van der Waals surface area (Å²) in [4.78, 5) is 10.9. The summed E-state index contributed by atoms with van der Waals surface area (Å²) in [5, 5.41) is 2.76. The van der Waals surface area contributed by atoms with E-state index in [-0.39, 0.29) is 5.91 Å². The summed E-state index contributed by atoms with van der Waals surface area (Å²) in [5.41, 5.74) is 0. The Hall–Kier alpha value is -0.310. The van der Waals surface area contributed by atoms with Crippen molar-refractivity contribution in [3.8, 4) is 0 Å². The number of nitrogens with one attached hydrogen (secondary N) is 1. The highest BCUT2D eigenvalue weighted by molar-refractivity contribution is 9.11. The molecule has 0 aromatic rings. The molecule has 1 N–H and O–H groups in total. The molecule has 0 bridgehead atoms. The zero-order valence-electron chi connectivity index (χ0n) is 5.69. The summed E-state index contributed by atoms with van der Waals surface area (Å²) in [7, 11) is 0. The van der Waals surface area contributed by atoms with Crippen LogP contribution in [0.4, 0.5) is 0 Å². The van der Waals surface area contributed by atoms with Crippen molar-refractivity contribution in [1.29, 1.82) is 0 Å². The minimum atomic E-state index is 0.167. The van der Waals surface area contributed by atoms with Gasteiger partial charge in [-0.3, -0.25) is 4.79 Å². The molecule has 0 saturated heterocycles. The molecule has 10 heavy (non-hydrogen) atoms. The number of halogens is 1. The van der Waals surface area contributed by atoms with Crippen molar-refractivity contribution in [1.82, 2.24) is 5.32 Å². The molecule has 0 aromatic heterocycles. The summed E-state index contributed by atoms with van der Waals surface area (Å²) in [6.07, 6.45) is 2.11. The second kappa shape index (κ2) is 3.19. The Morgan fingerprint density at radius 2 is 2.30 bits per heavy atom. The maximum absolute atomic E-state index is 10.9. The fraction of sp³-hybridized carbons (Fsp3) is 0.571. The van der Waals surface area contributed by atoms with Gasteiger partial charge in [-0.25, -0.2) is 0 Å². The third-order valence-corrected chi connectivity index (χ3v) is 1.68. The van der Waals surface area contributed by atoms with Gasteiger partial charge in [-0.1, -0.05) is 22.5 Å². The fourth-order valence-corrected chi connectivity index (χ4v) is 0.813. The lowest BCUT2D eigenvalue weighted by Crippen LogP contribution is -2.25. The lowest BCUT2D eigenvalue weighted by molar-refractivity contribution is -0.122. The van der Waals surface area contributed by atoms with Crippen molar-refractivity contribution in [3.05, 3.63) is 11.1 Å². The molecule has 0 spiro atoms. The van der Waals surface area contributed by atoms with Crippen LogP contribution in [-0.4, -0.2) is 12.5 Å². The standard InChI is InChI=1S/C7H10BrNO/c1-5(8)4-9-7(10)6-2-3-6/h6H,1-4H2,(H,9,10). The van der Waals surface area contributed by atoms with Gasteiger partial charge in [0.15, 0.2) is 0 Å². The third-order valence-electron chi connectivity index (χ3n) is 1.40. The Morgan fingerprint density at radius 1 is 1.70 bits per heavy atom. The van der Waals surface area contributed by atoms with E-state index in [9.17, 15) is 4.79 Å². The average molecular weight is 204 g/mol. The summed E-state index contributed by atoms with van der Waals surface area (Å²) in [6.45, 7) is 4.16. The van der Waals surface area contributed by atoms with E-state index in [1.165, 1.54) is 0 Å². The van der Waals surface area contributed by atoms with Crippen molar-refractivity contribution in [2.75, 3.05) is 6.54 Å². The first-order valence-electron chi connectivity index (χ1n) is 3.31. The number of carbonyl (C=O) groups is 1. The topological polar surface area (TPSA) is 29.1 Å². The second-order valence-corrected chi connectivity index (χ2v) is 3.63. The van der Waals surface area contributed by atoms with Gasteiger partial charge in [0.25, 0.3) is 0 Å². The van der Waals surface area contributed by atoms with Crippen LogP contribution in [0.3, 0.4) is 0 Å². The summed E-state index contributed by atoms with van der Waals surface area (Å²) < 4.78 is 0.821. The van der Waals surface area contributed by atoms with Crippen LogP contribution in [0, 0.1) is 5.92 Å². The molecular weight excluding hydrogens is 194 g/mol. The molecular formula is C7H10BrNO. The second-order valence-electron chi connectivity index (χ2n) is 2.51. The number of rotatable bonds is 3. The maximum Gasteiger partial charge on any atom is 0.223 e. The van der Waals surface area contributed by atoms with Gasteiger partial charge < -0.3 is 5.32 Å². The molecule has 0 atom stereocenters. The van der Waals surface area contributed by atoms with E-state index in [1.54, 1.807) is 0 Å². The molecule has 2 nitrogen and oxygen atoms in total. The zero-order chi connectivity index (χ0) is 7.56. The number of hydrogen-bond acceptors (Lipinski definition) is 1. The largest absolute Gasteiger partial charge is 0.351 e. The van der Waals surface area contributed by atoms with Crippen LogP contribution < -0.4 is 5.32 Å². The fourth-order valence-electron chi connectivity index (χ4n) is 0.673. The van der Waals surface area contributed by atoms with Gasteiger partial charge in [0, 0.05) is 16.9 Å². The smallest absolute Gasteiger partial charge is 0.223 e. The minimum absolute atomic E-state index is 0.167. The first-order chi connectivity index (χ1) is 4.70. The average Bonchev–Trinajstić information content (AvgIpc) is 2.63. The first kappa shape index (κ1) is 7.79. The van der Waals surface area contributed by atoms with Crippen LogP contribution in [0.1, 0.15) is 12.8 Å². The molecule has 1 aliphatic carbocycles. The van der Waals surface area contributed by atoms with E-state index in [4.69, 9.17) is 0 Å². The van der Waals surface area contributed by atoms with Crippen LogP contribution >= 0.6 is 15.9 Å². The molecule has 1 rings (SSSR count). The molecule has 0 aromatic carbocycles. The summed E-state index contributed by atoms with van der Waals surface area (Å²) in [5.74, 6) is 0.465. The van der Waals surface area contributed by atoms with E-state index in [2.05, 4.69) is 27.8 Å². The molecule has 56 valence electrons. The van der Waals surface area contributed by atoms with Crippen molar-refractivity contribution in [2.45, 2.75) is 12.8 Å². The van der Waals surface area contributed by atoms with Gasteiger partial charge in [0.05, 0.1) is 0 Å². The predicted molar refractivity (Wildman–Crippen MR) is 43.8 cm³/mol. The highest BCUT2D eigenvalue weighted by Crippen LogP contribution is 2.28. The van der Waals surface area contributed by atoms with Crippen LogP contribution in [0.25, 0.3) is 0 Å². The molecule has 3 heteroatoms.